The summed E-state index contributed by atoms with van der Waals surface area (Å²) >= 11 is 0. The monoisotopic (exact) mass is 414 g/mol. The van der Waals surface area contributed by atoms with Gasteiger partial charge in [0.2, 0.25) is 0 Å². The molecule has 1 saturated carbocycles. The maximum absolute atomic E-state index is 13.1. The van der Waals surface area contributed by atoms with E-state index in [0.29, 0.717) is 5.56 Å². The van der Waals surface area contributed by atoms with Gasteiger partial charge in [0, 0.05) is 55.2 Å². The zero-order chi connectivity index (χ0) is 20.8. The Morgan fingerprint density at radius 1 is 1.19 bits per heavy atom. The summed E-state index contributed by atoms with van der Waals surface area (Å²) in [5.74, 6) is 0.889. The Bertz CT molecular complexity index is 1250. The van der Waals surface area contributed by atoms with Crippen molar-refractivity contribution in [3.05, 3.63) is 54.6 Å². The standard InChI is InChI=1S/C24H26N6O/c31-24(28-18-6-9-29(10-7-18)15-16-3-4-16)21-14-27-30-11-5-17(12-22(21)30)20-13-26-23-19(20)2-1-8-25-23/h1-2,5,8,11-14,16,18H,3-4,6-7,9-10,15H2,(H,25,26)(H,28,31). The Morgan fingerprint density at radius 2 is 2.06 bits per heavy atom. The molecule has 1 aliphatic heterocycles. The van der Waals surface area contributed by atoms with Gasteiger partial charge in [-0.05, 0) is 61.4 Å². The number of carbonyl (C=O) groups is 1. The Kier molecular flexibility index (Phi) is 4.49. The lowest BCUT2D eigenvalue weighted by atomic mass is 10.0. The number of pyridine rings is 2. The van der Waals surface area contributed by atoms with Gasteiger partial charge in [-0.2, -0.15) is 5.10 Å². The minimum Gasteiger partial charge on any atom is -0.349 e. The molecule has 0 radical (unpaired) electrons. The largest absolute Gasteiger partial charge is 0.349 e. The average molecular weight is 415 g/mol. The molecule has 5 heterocycles. The van der Waals surface area contributed by atoms with Crippen molar-refractivity contribution in [2.45, 2.75) is 31.7 Å². The van der Waals surface area contributed by atoms with E-state index in [1.807, 2.05) is 30.6 Å². The first-order valence-corrected chi connectivity index (χ1v) is 11.2. The first kappa shape index (κ1) is 18.6. The second-order valence-electron chi connectivity index (χ2n) is 8.90. The van der Waals surface area contributed by atoms with Crippen molar-refractivity contribution in [2.75, 3.05) is 19.6 Å². The number of piperidine rings is 1. The van der Waals surface area contributed by atoms with Crippen LogP contribution >= 0.6 is 0 Å². The van der Waals surface area contributed by atoms with E-state index in [1.165, 1.54) is 19.4 Å². The quantitative estimate of drug-likeness (QED) is 0.524. The molecule has 6 rings (SSSR count). The Hall–Kier alpha value is -3.19. The zero-order valence-electron chi connectivity index (χ0n) is 17.4. The minimum absolute atomic E-state index is 0.0339. The molecular formula is C24H26N6O. The summed E-state index contributed by atoms with van der Waals surface area (Å²) in [6.07, 6.45) is 12.2. The number of aromatic nitrogens is 4. The van der Waals surface area contributed by atoms with Crippen molar-refractivity contribution in [2.24, 2.45) is 5.92 Å². The molecule has 158 valence electrons. The molecule has 0 atom stereocenters. The number of hydrogen-bond donors (Lipinski definition) is 2. The number of fused-ring (bicyclic) bond motifs is 2. The molecule has 0 spiro atoms. The van der Waals surface area contributed by atoms with E-state index in [4.69, 9.17) is 0 Å². The van der Waals surface area contributed by atoms with Crippen LogP contribution < -0.4 is 5.32 Å². The molecule has 1 amide bonds. The molecule has 2 N–H and O–H groups in total. The third-order valence-corrected chi connectivity index (χ3v) is 6.66. The lowest BCUT2D eigenvalue weighted by Gasteiger charge is -2.32. The second-order valence-corrected chi connectivity index (χ2v) is 8.90. The highest BCUT2D eigenvalue weighted by atomic mass is 16.1. The summed E-state index contributed by atoms with van der Waals surface area (Å²) in [5, 5.41) is 8.71. The number of carbonyl (C=O) groups excluding carboxylic acids is 1. The van der Waals surface area contributed by atoms with Crippen LogP contribution in [0.3, 0.4) is 0 Å². The van der Waals surface area contributed by atoms with Crippen LogP contribution in [0, 0.1) is 5.92 Å². The molecule has 0 unspecified atom stereocenters. The van der Waals surface area contributed by atoms with Gasteiger partial charge >= 0.3 is 0 Å². The third-order valence-electron chi connectivity index (χ3n) is 6.66. The van der Waals surface area contributed by atoms with Crippen molar-refractivity contribution in [3.8, 4) is 11.1 Å². The van der Waals surface area contributed by atoms with Crippen molar-refractivity contribution in [3.63, 3.8) is 0 Å². The van der Waals surface area contributed by atoms with Crippen LogP contribution in [0.25, 0.3) is 27.7 Å². The van der Waals surface area contributed by atoms with E-state index in [-0.39, 0.29) is 11.9 Å². The van der Waals surface area contributed by atoms with Crippen LogP contribution in [0.4, 0.5) is 0 Å². The van der Waals surface area contributed by atoms with Crippen LogP contribution in [0.15, 0.2) is 49.1 Å². The van der Waals surface area contributed by atoms with Gasteiger partial charge in [-0.1, -0.05) is 0 Å². The lowest BCUT2D eigenvalue weighted by Crippen LogP contribution is -2.45. The Morgan fingerprint density at radius 3 is 2.90 bits per heavy atom. The Labute approximate surface area is 180 Å². The van der Waals surface area contributed by atoms with E-state index in [0.717, 1.165) is 59.5 Å². The van der Waals surface area contributed by atoms with Crippen molar-refractivity contribution in [1.29, 1.82) is 0 Å². The maximum atomic E-state index is 13.1. The average Bonchev–Trinajstić information content (AvgIpc) is 3.34. The third kappa shape index (κ3) is 3.59. The normalized spacial score (nSPS) is 18.1. The van der Waals surface area contributed by atoms with E-state index in [2.05, 4.69) is 31.3 Å². The smallest absolute Gasteiger partial charge is 0.255 e. The molecule has 7 nitrogen and oxygen atoms in total. The number of nitrogens with zero attached hydrogens (tertiary/aromatic N) is 4. The molecular weight excluding hydrogens is 388 g/mol. The molecule has 7 heteroatoms. The van der Waals surface area contributed by atoms with Crippen molar-refractivity contribution < 1.29 is 4.79 Å². The van der Waals surface area contributed by atoms with Gasteiger partial charge in [0.15, 0.2) is 0 Å². The maximum Gasteiger partial charge on any atom is 0.255 e. The lowest BCUT2D eigenvalue weighted by molar-refractivity contribution is 0.0911. The van der Waals surface area contributed by atoms with Gasteiger partial charge in [-0.3, -0.25) is 4.79 Å². The topological polar surface area (TPSA) is 78.3 Å². The first-order chi connectivity index (χ1) is 15.2. The number of hydrogen-bond acceptors (Lipinski definition) is 4. The highest BCUT2D eigenvalue weighted by Crippen LogP contribution is 2.31. The van der Waals surface area contributed by atoms with E-state index < -0.39 is 0 Å². The minimum atomic E-state index is -0.0339. The summed E-state index contributed by atoms with van der Waals surface area (Å²) < 4.78 is 1.77. The van der Waals surface area contributed by atoms with Gasteiger partial charge in [-0.15, -0.1) is 0 Å². The summed E-state index contributed by atoms with van der Waals surface area (Å²) in [5.41, 5.74) is 4.41. The van der Waals surface area contributed by atoms with Gasteiger partial charge < -0.3 is 15.2 Å². The predicted molar refractivity (Wildman–Crippen MR) is 120 cm³/mol. The summed E-state index contributed by atoms with van der Waals surface area (Å²) in [6, 6.07) is 8.28. The number of amides is 1. The number of likely N-dealkylation sites (tertiary alicyclic amines) is 1. The molecule has 2 fully saturated rings. The number of rotatable bonds is 5. The highest BCUT2D eigenvalue weighted by Gasteiger charge is 2.28. The second kappa shape index (κ2) is 7.50. The highest BCUT2D eigenvalue weighted by molar-refractivity contribution is 6.02. The summed E-state index contributed by atoms with van der Waals surface area (Å²) in [4.78, 5) is 23.2. The van der Waals surface area contributed by atoms with Gasteiger partial charge in [-0.25, -0.2) is 9.50 Å². The number of aromatic amines is 1. The number of nitrogens with one attached hydrogen (secondary N) is 2. The fourth-order valence-corrected chi connectivity index (χ4v) is 4.71. The van der Waals surface area contributed by atoms with E-state index >= 15 is 0 Å². The van der Waals surface area contributed by atoms with Crippen molar-refractivity contribution >= 4 is 22.5 Å². The fraction of sp³-hybridized carbons (Fsp3) is 0.375. The van der Waals surface area contributed by atoms with Crippen LogP contribution in [0.1, 0.15) is 36.0 Å². The molecule has 31 heavy (non-hydrogen) atoms. The Balaban J connectivity index is 1.22. The van der Waals surface area contributed by atoms with Crippen LogP contribution in [0.5, 0.6) is 0 Å². The summed E-state index contributed by atoms with van der Waals surface area (Å²) in [7, 11) is 0. The molecule has 1 aliphatic carbocycles. The molecule has 4 aromatic heterocycles. The fourth-order valence-electron chi connectivity index (χ4n) is 4.71. The zero-order valence-corrected chi connectivity index (χ0v) is 17.4. The van der Waals surface area contributed by atoms with E-state index in [1.54, 1.807) is 16.9 Å². The van der Waals surface area contributed by atoms with Crippen molar-refractivity contribution in [1.82, 2.24) is 29.8 Å². The summed E-state index contributed by atoms with van der Waals surface area (Å²) in [6.45, 7) is 3.39. The van der Waals surface area contributed by atoms with E-state index in [9.17, 15) is 4.79 Å². The van der Waals surface area contributed by atoms with Crippen LogP contribution in [-0.4, -0.2) is 56.1 Å². The number of H-pyrrole nitrogens is 1. The van der Waals surface area contributed by atoms with Gasteiger partial charge in [0.05, 0.1) is 17.3 Å². The molecule has 0 bridgehead atoms. The van der Waals surface area contributed by atoms with Gasteiger partial charge in [0.25, 0.3) is 5.91 Å². The SMILES string of the molecule is O=C(NC1CCN(CC2CC2)CC1)c1cnn2ccc(-c3c[nH]c4ncccc34)cc12. The molecule has 4 aromatic rings. The van der Waals surface area contributed by atoms with Gasteiger partial charge in [0.1, 0.15) is 5.65 Å². The first-order valence-electron chi connectivity index (χ1n) is 11.2. The van der Waals surface area contributed by atoms with Crippen LogP contribution in [0.2, 0.25) is 0 Å². The molecule has 0 aromatic carbocycles. The molecule has 2 aliphatic rings. The van der Waals surface area contributed by atoms with Crippen LogP contribution in [-0.2, 0) is 0 Å². The predicted octanol–water partition coefficient (Wildman–Crippen LogP) is 3.48. The molecule has 1 saturated heterocycles.